The lowest BCUT2D eigenvalue weighted by Gasteiger charge is -2.47. The van der Waals surface area contributed by atoms with Crippen molar-refractivity contribution in [2.24, 2.45) is 0 Å². The molecule has 360 valence electrons. The van der Waals surface area contributed by atoms with Crippen molar-refractivity contribution in [1.82, 2.24) is 0 Å². The molecule has 0 unspecified atom stereocenters. The molecule has 0 saturated heterocycles. The summed E-state index contributed by atoms with van der Waals surface area (Å²) in [6, 6.07) is 32.7. The smallest absolute Gasteiger partial charge is 0.252 e. The first-order valence-corrected chi connectivity index (χ1v) is 26.9. The zero-order valence-electron chi connectivity index (χ0n) is 45.7. The monoisotopic (exact) mass is 925 g/mol. The lowest BCUT2D eigenvalue weighted by atomic mass is 9.33. The van der Waals surface area contributed by atoms with E-state index in [9.17, 15) is 0 Å². The Labute approximate surface area is 420 Å². The van der Waals surface area contributed by atoms with E-state index in [4.69, 9.17) is 4.42 Å². The number of hydrogen-bond donors (Lipinski definition) is 0. The summed E-state index contributed by atoms with van der Waals surface area (Å²) in [6.45, 7) is 41.2. The van der Waals surface area contributed by atoms with Crippen LogP contribution < -0.4 is 26.2 Å². The number of anilines is 6. The van der Waals surface area contributed by atoms with Gasteiger partial charge in [0.25, 0.3) is 6.71 Å². The molecular formula is C66H77BN2O. The normalized spacial score (nSPS) is 20.5. The second-order valence-electron chi connectivity index (χ2n) is 27.3. The Hall–Kier alpha value is -5.22. The fraction of sp³-hybridized carbons (Fsp3) is 0.455. The van der Waals surface area contributed by atoms with Crippen LogP contribution in [0, 0.1) is 20.8 Å². The number of rotatable bonds is 3. The minimum absolute atomic E-state index is 0.00731. The highest BCUT2D eigenvalue weighted by atomic mass is 16.3. The predicted octanol–water partition coefficient (Wildman–Crippen LogP) is 16.8. The third-order valence-corrected chi connectivity index (χ3v) is 19.3. The maximum Gasteiger partial charge on any atom is 0.252 e. The molecule has 5 aliphatic rings. The number of nitrogens with zero attached hydrogens (tertiary/aromatic N) is 2. The van der Waals surface area contributed by atoms with Crippen molar-refractivity contribution in [3.05, 3.63) is 134 Å². The van der Waals surface area contributed by atoms with E-state index >= 15 is 0 Å². The maximum absolute atomic E-state index is 7.54. The maximum atomic E-state index is 7.54. The van der Waals surface area contributed by atoms with E-state index in [1.807, 2.05) is 0 Å². The summed E-state index contributed by atoms with van der Waals surface area (Å²) in [6.07, 6.45) is 7.08. The van der Waals surface area contributed by atoms with Crippen molar-refractivity contribution in [3.8, 4) is 0 Å². The highest BCUT2D eigenvalue weighted by molar-refractivity contribution is 7.00. The summed E-state index contributed by atoms with van der Waals surface area (Å²) in [5.74, 6) is 0.383. The van der Waals surface area contributed by atoms with Gasteiger partial charge >= 0.3 is 0 Å². The van der Waals surface area contributed by atoms with Crippen LogP contribution in [0.1, 0.15) is 197 Å². The van der Waals surface area contributed by atoms with E-state index in [0.29, 0.717) is 5.92 Å². The molecule has 0 N–H and O–H groups in total. The van der Waals surface area contributed by atoms with E-state index in [2.05, 4.69) is 206 Å². The first-order chi connectivity index (χ1) is 32.7. The van der Waals surface area contributed by atoms with E-state index in [1.165, 1.54) is 149 Å². The first kappa shape index (κ1) is 45.9. The van der Waals surface area contributed by atoms with E-state index in [1.54, 1.807) is 0 Å². The highest BCUT2D eigenvalue weighted by Gasteiger charge is 2.48. The van der Waals surface area contributed by atoms with Gasteiger partial charge in [0, 0.05) is 39.2 Å². The van der Waals surface area contributed by atoms with Gasteiger partial charge in [0.2, 0.25) is 0 Å². The predicted molar refractivity (Wildman–Crippen MR) is 302 cm³/mol. The Morgan fingerprint density at radius 3 is 1.41 bits per heavy atom. The van der Waals surface area contributed by atoms with Gasteiger partial charge in [-0.25, -0.2) is 0 Å². The molecule has 1 aromatic heterocycles. The Morgan fingerprint density at radius 1 is 0.443 bits per heavy atom. The van der Waals surface area contributed by atoms with Crippen molar-refractivity contribution >= 4 is 79.2 Å². The number of hydrogen-bond acceptors (Lipinski definition) is 3. The van der Waals surface area contributed by atoms with E-state index in [-0.39, 0.29) is 39.2 Å². The second kappa shape index (κ2) is 14.5. The van der Waals surface area contributed by atoms with Gasteiger partial charge in [-0.1, -0.05) is 133 Å². The SMILES string of the molecule is Cc1cc2c3c(c1)N(c1cc4c(cc1C)C(C)(C)CCC4(C)C)c1c(ccc4c1oc1cc5c(cc14)C(C)(C)CCC5(C)C)B3c1cc(C(C)C)ccc1N2c1cc2c(cc1C)C(C)(C)CCC2(C)C. The summed E-state index contributed by atoms with van der Waals surface area (Å²) in [5, 5.41) is 2.44. The largest absolute Gasteiger partial charge is 0.454 e. The van der Waals surface area contributed by atoms with E-state index in [0.717, 1.165) is 17.6 Å². The van der Waals surface area contributed by atoms with Gasteiger partial charge in [-0.2, -0.15) is 0 Å². The quantitative estimate of drug-likeness (QED) is 0.165. The van der Waals surface area contributed by atoms with Crippen molar-refractivity contribution in [2.75, 3.05) is 9.80 Å². The van der Waals surface area contributed by atoms with Gasteiger partial charge in [-0.15, -0.1) is 0 Å². The molecule has 0 atom stereocenters. The van der Waals surface area contributed by atoms with Crippen LogP contribution in [0.15, 0.2) is 83.3 Å². The van der Waals surface area contributed by atoms with Crippen molar-refractivity contribution in [2.45, 2.75) is 195 Å². The summed E-state index contributed by atoms with van der Waals surface area (Å²) < 4.78 is 7.54. The van der Waals surface area contributed by atoms with Gasteiger partial charge in [-0.3, -0.25) is 0 Å². The van der Waals surface area contributed by atoms with Crippen LogP contribution in [0.25, 0.3) is 21.9 Å². The van der Waals surface area contributed by atoms with E-state index < -0.39 is 0 Å². The fourth-order valence-corrected chi connectivity index (χ4v) is 14.3. The van der Waals surface area contributed by atoms with Crippen LogP contribution in [0.5, 0.6) is 0 Å². The molecule has 7 aromatic rings. The minimum atomic E-state index is -0.00731. The molecule has 3 aliphatic carbocycles. The Bertz CT molecular complexity index is 3420. The average Bonchev–Trinajstić information content (AvgIpc) is 3.66. The Morgan fingerprint density at radius 2 is 0.900 bits per heavy atom. The highest BCUT2D eigenvalue weighted by Crippen LogP contribution is 2.55. The van der Waals surface area contributed by atoms with Gasteiger partial charge in [0.1, 0.15) is 5.58 Å². The number of benzene rings is 6. The Kier molecular flexibility index (Phi) is 9.49. The van der Waals surface area contributed by atoms with Crippen LogP contribution in [-0.4, -0.2) is 6.71 Å². The number of fused-ring (bicyclic) bond motifs is 11. The van der Waals surface area contributed by atoms with Gasteiger partial charge in [-0.05, 0) is 212 Å². The zero-order valence-corrected chi connectivity index (χ0v) is 45.7. The summed E-state index contributed by atoms with van der Waals surface area (Å²) in [7, 11) is 0. The molecule has 0 saturated carbocycles. The number of aryl methyl sites for hydroxylation is 3. The molecule has 2 aliphatic heterocycles. The van der Waals surface area contributed by atoms with Crippen molar-refractivity contribution in [3.63, 3.8) is 0 Å². The summed E-state index contributed by atoms with van der Waals surface area (Å²) >= 11 is 0. The summed E-state index contributed by atoms with van der Waals surface area (Å²) in [5.41, 5.74) is 28.3. The first-order valence-electron chi connectivity index (χ1n) is 26.9. The fourth-order valence-electron chi connectivity index (χ4n) is 14.3. The standard InChI is InChI=1S/C66H77BN2O/c1-37(2)41-18-21-52-51(32-41)67-50-20-19-42-43-33-46-49(66(16,17)27-24-63(46,10)11)36-57(43)70-60(42)59(50)69(54-35-48-45(31-40(54)5)62(8,9)23-26-65(48,14)15)56-29-38(3)28-55(58(56)67)68(52)53-34-47-44(30-39(53)4)61(6,7)22-25-64(47,12)13/h18-21,28-37H,22-27H2,1-17H3. The number of furan rings is 1. The van der Waals surface area contributed by atoms with Gasteiger partial charge < -0.3 is 14.2 Å². The van der Waals surface area contributed by atoms with Crippen LogP contribution >= 0.6 is 0 Å². The molecule has 0 radical (unpaired) electrons. The molecular weight excluding hydrogens is 848 g/mol. The molecule has 0 spiro atoms. The van der Waals surface area contributed by atoms with Crippen molar-refractivity contribution in [1.29, 1.82) is 0 Å². The lowest BCUT2D eigenvalue weighted by Crippen LogP contribution is -2.61. The van der Waals surface area contributed by atoms with Gasteiger partial charge in [0.05, 0.1) is 5.69 Å². The van der Waals surface area contributed by atoms with Crippen molar-refractivity contribution < 1.29 is 4.42 Å². The topological polar surface area (TPSA) is 19.6 Å². The zero-order chi connectivity index (χ0) is 49.7. The molecule has 6 aromatic carbocycles. The molecule has 3 heterocycles. The lowest BCUT2D eigenvalue weighted by molar-refractivity contribution is 0.332. The molecule has 0 fully saturated rings. The molecule has 12 rings (SSSR count). The molecule has 0 bridgehead atoms. The summed E-state index contributed by atoms with van der Waals surface area (Å²) in [4.78, 5) is 5.36. The third-order valence-electron chi connectivity index (χ3n) is 19.3. The molecule has 3 nitrogen and oxygen atoms in total. The molecule has 4 heteroatoms. The van der Waals surface area contributed by atoms with Crippen LogP contribution in [0.2, 0.25) is 0 Å². The van der Waals surface area contributed by atoms with Crippen LogP contribution in [-0.2, 0) is 32.5 Å². The second-order valence-corrected chi connectivity index (χ2v) is 27.3. The van der Waals surface area contributed by atoms with Crippen LogP contribution in [0.3, 0.4) is 0 Å². The Balaban J connectivity index is 1.21. The molecule has 0 amide bonds. The third kappa shape index (κ3) is 6.38. The molecule has 70 heavy (non-hydrogen) atoms. The van der Waals surface area contributed by atoms with Gasteiger partial charge in [0.15, 0.2) is 5.58 Å². The van der Waals surface area contributed by atoms with Crippen LogP contribution in [0.4, 0.5) is 34.1 Å². The minimum Gasteiger partial charge on any atom is -0.454 e. The average molecular weight is 925 g/mol.